The van der Waals surface area contributed by atoms with Gasteiger partial charge in [0.2, 0.25) is 0 Å². The van der Waals surface area contributed by atoms with Gasteiger partial charge in [-0.15, -0.1) is 11.3 Å². The topological polar surface area (TPSA) is 34.0 Å². The fourth-order valence-electron chi connectivity index (χ4n) is 2.83. The standard InChI is InChI=1S/C14H20N4S/c1-11-16-13(10-19-11)9-18-6-3-12(4-7-18)14-15-5-8-17(14)2/h5,8,10,12H,3-4,6-7,9H2,1-2H3. The zero-order chi connectivity index (χ0) is 13.2. The molecule has 3 heterocycles. The number of hydrogen-bond acceptors (Lipinski definition) is 4. The third-order valence-electron chi connectivity index (χ3n) is 3.86. The number of aryl methyl sites for hydroxylation is 2. The monoisotopic (exact) mass is 276 g/mol. The number of imidazole rings is 1. The highest BCUT2D eigenvalue weighted by Gasteiger charge is 2.23. The maximum atomic E-state index is 4.55. The highest BCUT2D eigenvalue weighted by Crippen LogP contribution is 2.27. The zero-order valence-corrected chi connectivity index (χ0v) is 12.4. The van der Waals surface area contributed by atoms with Crippen LogP contribution >= 0.6 is 11.3 Å². The van der Waals surface area contributed by atoms with Crippen molar-refractivity contribution in [3.8, 4) is 0 Å². The summed E-state index contributed by atoms with van der Waals surface area (Å²) < 4.78 is 2.16. The summed E-state index contributed by atoms with van der Waals surface area (Å²) in [5.74, 6) is 1.86. The lowest BCUT2D eigenvalue weighted by molar-refractivity contribution is 0.199. The van der Waals surface area contributed by atoms with Gasteiger partial charge in [-0.25, -0.2) is 9.97 Å². The van der Waals surface area contributed by atoms with Crippen LogP contribution < -0.4 is 0 Å². The van der Waals surface area contributed by atoms with Crippen LogP contribution in [-0.2, 0) is 13.6 Å². The average Bonchev–Trinajstić information content (AvgIpc) is 3.00. The number of thiazole rings is 1. The van der Waals surface area contributed by atoms with Crippen LogP contribution in [0.4, 0.5) is 0 Å². The fourth-order valence-corrected chi connectivity index (χ4v) is 3.43. The second kappa shape index (κ2) is 5.43. The van der Waals surface area contributed by atoms with E-state index in [1.807, 2.05) is 12.4 Å². The number of nitrogens with zero attached hydrogens (tertiary/aromatic N) is 4. The summed E-state index contributed by atoms with van der Waals surface area (Å²) in [5.41, 5.74) is 1.22. The lowest BCUT2D eigenvalue weighted by Crippen LogP contribution is -2.33. The van der Waals surface area contributed by atoms with Gasteiger partial charge in [-0.2, -0.15) is 0 Å². The Morgan fingerprint density at radius 2 is 2.16 bits per heavy atom. The summed E-state index contributed by atoms with van der Waals surface area (Å²) in [6.07, 6.45) is 6.35. The van der Waals surface area contributed by atoms with E-state index < -0.39 is 0 Å². The Labute approximate surface area is 118 Å². The molecule has 0 bridgehead atoms. The first-order valence-electron chi connectivity index (χ1n) is 6.83. The molecule has 0 amide bonds. The van der Waals surface area contributed by atoms with Crippen molar-refractivity contribution in [2.75, 3.05) is 13.1 Å². The minimum Gasteiger partial charge on any atom is -0.338 e. The summed E-state index contributed by atoms with van der Waals surface area (Å²) >= 11 is 1.74. The molecule has 2 aromatic rings. The number of piperidine rings is 1. The van der Waals surface area contributed by atoms with Crippen LogP contribution in [0.25, 0.3) is 0 Å². The molecule has 19 heavy (non-hydrogen) atoms. The Morgan fingerprint density at radius 3 is 2.74 bits per heavy atom. The molecule has 0 aliphatic carbocycles. The van der Waals surface area contributed by atoms with Crippen molar-refractivity contribution in [3.63, 3.8) is 0 Å². The molecule has 102 valence electrons. The molecule has 0 N–H and O–H groups in total. The van der Waals surface area contributed by atoms with Gasteiger partial charge in [0.25, 0.3) is 0 Å². The maximum Gasteiger partial charge on any atom is 0.111 e. The minimum absolute atomic E-state index is 0.619. The number of likely N-dealkylation sites (tertiary alicyclic amines) is 1. The molecule has 0 unspecified atom stereocenters. The quantitative estimate of drug-likeness (QED) is 0.864. The molecule has 0 radical (unpaired) electrons. The molecule has 0 atom stereocenters. The Balaban J connectivity index is 1.56. The van der Waals surface area contributed by atoms with E-state index in [1.54, 1.807) is 11.3 Å². The van der Waals surface area contributed by atoms with Crippen LogP contribution in [0.5, 0.6) is 0 Å². The van der Waals surface area contributed by atoms with Gasteiger partial charge in [-0.3, -0.25) is 4.90 Å². The second-order valence-corrected chi connectivity index (χ2v) is 6.37. The summed E-state index contributed by atoms with van der Waals surface area (Å²) in [6, 6.07) is 0. The van der Waals surface area contributed by atoms with Crippen LogP contribution in [-0.4, -0.2) is 32.5 Å². The molecule has 4 nitrogen and oxygen atoms in total. The van der Waals surface area contributed by atoms with Gasteiger partial charge in [0.05, 0.1) is 10.7 Å². The third kappa shape index (κ3) is 2.87. The number of rotatable bonds is 3. The van der Waals surface area contributed by atoms with Crippen molar-refractivity contribution in [2.24, 2.45) is 7.05 Å². The largest absolute Gasteiger partial charge is 0.338 e. The summed E-state index contributed by atoms with van der Waals surface area (Å²) in [6.45, 7) is 5.36. The molecular weight excluding hydrogens is 256 g/mol. The normalized spacial score (nSPS) is 18.0. The van der Waals surface area contributed by atoms with E-state index in [0.29, 0.717) is 5.92 Å². The van der Waals surface area contributed by atoms with Crippen molar-refractivity contribution in [3.05, 3.63) is 34.3 Å². The highest BCUT2D eigenvalue weighted by molar-refractivity contribution is 7.09. The molecule has 0 saturated carbocycles. The van der Waals surface area contributed by atoms with Gasteiger partial charge >= 0.3 is 0 Å². The second-order valence-electron chi connectivity index (χ2n) is 5.30. The predicted octanol–water partition coefficient (Wildman–Crippen LogP) is 2.56. The van der Waals surface area contributed by atoms with Gasteiger partial charge in [0.15, 0.2) is 0 Å². The molecule has 1 aliphatic heterocycles. The lowest BCUT2D eigenvalue weighted by atomic mass is 9.96. The summed E-state index contributed by atoms with van der Waals surface area (Å²) in [5, 5.41) is 3.35. The van der Waals surface area contributed by atoms with E-state index in [-0.39, 0.29) is 0 Å². The van der Waals surface area contributed by atoms with Gasteiger partial charge in [-0.05, 0) is 32.9 Å². The highest BCUT2D eigenvalue weighted by atomic mass is 32.1. The van der Waals surface area contributed by atoms with Gasteiger partial charge in [0, 0.05) is 37.3 Å². The van der Waals surface area contributed by atoms with Crippen molar-refractivity contribution < 1.29 is 0 Å². The van der Waals surface area contributed by atoms with Gasteiger partial charge in [0.1, 0.15) is 5.82 Å². The van der Waals surface area contributed by atoms with Gasteiger partial charge < -0.3 is 4.57 Å². The van der Waals surface area contributed by atoms with Gasteiger partial charge in [-0.1, -0.05) is 0 Å². The lowest BCUT2D eigenvalue weighted by Gasteiger charge is -2.31. The molecule has 1 fully saturated rings. The molecule has 5 heteroatoms. The first-order valence-corrected chi connectivity index (χ1v) is 7.71. The van der Waals surface area contributed by atoms with Crippen LogP contribution in [0.15, 0.2) is 17.8 Å². The molecule has 0 spiro atoms. The Hall–Kier alpha value is -1.20. The third-order valence-corrected chi connectivity index (χ3v) is 4.69. The first kappa shape index (κ1) is 12.8. The SMILES string of the molecule is Cc1nc(CN2CCC(c3nccn3C)CC2)cs1. The summed E-state index contributed by atoms with van der Waals surface area (Å²) in [7, 11) is 2.09. The van der Waals surface area contributed by atoms with Crippen molar-refractivity contribution in [1.29, 1.82) is 0 Å². The minimum atomic E-state index is 0.619. The van der Waals surface area contributed by atoms with E-state index in [0.717, 1.165) is 24.6 Å². The molecular formula is C14H20N4S. The van der Waals surface area contributed by atoms with E-state index >= 15 is 0 Å². The summed E-state index contributed by atoms with van der Waals surface area (Å²) in [4.78, 5) is 11.5. The predicted molar refractivity (Wildman–Crippen MR) is 77.3 cm³/mol. The van der Waals surface area contributed by atoms with E-state index in [9.17, 15) is 0 Å². The van der Waals surface area contributed by atoms with Crippen molar-refractivity contribution >= 4 is 11.3 Å². The molecule has 3 rings (SSSR count). The molecule has 1 aliphatic rings. The Bertz CT molecular complexity index is 537. The van der Waals surface area contributed by atoms with Crippen LogP contribution in [0.1, 0.15) is 35.3 Å². The van der Waals surface area contributed by atoms with Crippen LogP contribution in [0, 0.1) is 6.92 Å². The van der Waals surface area contributed by atoms with Crippen LogP contribution in [0.3, 0.4) is 0 Å². The van der Waals surface area contributed by atoms with E-state index in [4.69, 9.17) is 0 Å². The van der Waals surface area contributed by atoms with Crippen molar-refractivity contribution in [1.82, 2.24) is 19.4 Å². The zero-order valence-electron chi connectivity index (χ0n) is 11.5. The maximum absolute atomic E-state index is 4.55. The number of aromatic nitrogens is 3. The number of hydrogen-bond donors (Lipinski definition) is 0. The van der Waals surface area contributed by atoms with E-state index in [1.165, 1.54) is 24.4 Å². The van der Waals surface area contributed by atoms with Crippen LogP contribution in [0.2, 0.25) is 0 Å². The molecule has 2 aromatic heterocycles. The Kier molecular flexibility index (Phi) is 3.66. The van der Waals surface area contributed by atoms with Crippen molar-refractivity contribution in [2.45, 2.75) is 32.2 Å². The fraction of sp³-hybridized carbons (Fsp3) is 0.571. The molecule has 1 saturated heterocycles. The Morgan fingerprint density at radius 1 is 1.37 bits per heavy atom. The first-order chi connectivity index (χ1) is 9.22. The molecule has 0 aromatic carbocycles. The van der Waals surface area contributed by atoms with E-state index in [2.05, 4.69) is 38.8 Å². The average molecular weight is 276 g/mol. The smallest absolute Gasteiger partial charge is 0.111 e.